The number of nitrogens with zero attached hydrogens (tertiary/aromatic N) is 5. The maximum Gasteiger partial charge on any atom is 0.417 e. The van der Waals surface area contributed by atoms with Crippen LogP contribution in [0.4, 0.5) is 13.2 Å². The Labute approximate surface area is 174 Å². The molecule has 4 aromatic rings. The highest BCUT2D eigenvalue weighted by molar-refractivity contribution is 5.95. The van der Waals surface area contributed by atoms with Crippen molar-refractivity contribution in [2.24, 2.45) is 0 Å². The highest BCUT2D eigenvalue weighted by atomic mass is 19.4. The molecule has 160 valence electrons. The number of benzene rings is 2. The van der Waals surface area contributed by atoms with E-state index in [1.165, 1.54) is 56.8 Å². The van der Waals surface area contributed by atoms with Gasteiger partial charge in [-0.3, -0.25) is 4.57 Å². The van der Waals surface area contributed by atoms with E-state index in [9.17, 15) is 13.2 Å². The summed E-state index contributed by atoms with van der Waals surface area (Å²) in [5.41, 5.74) is -0.794. The standard InChI is InChI=1S/C20H16F3N5O3/c1-29-14-8-12-15(17(31-3)16(14)30-2)26-18(27-19(12)28-9-24-25-10-28)11-6-4-5-7-13(11)20(21,22)23/h4-10H,1-3H3. The molecule has 0 saturated carbocycles. The number of rotatable bonds is 5. The molecule has 2 heterocycles. The van der Waals surface area contributed by atoms with Crippen LogP contribution < -0.4 is 14.2 Å². The van der Waals surface area contributed by atoms with Crippen LogP contribution in [0, 0.1) is 0 Å². The van der Waals surface area contributed by atoms with Crippen LogP contribution >= 0.6 is 0 Å². The average molecular weight is 431 g/mol. The fraction of sp³-hybridized carbons (Fsp3) is 0.200. The Morgan fingerprint density at radius 2 is 1.55 bits per heavy atom. The number of aromatic nitrogens is 5. The molecule has 0 saturated heterocycles. The first-order chi connectivity index (χ1) is 14.9. The first kappa shape index (κ1) is 20.4. The predicted octanol–water partition coefficient (Wildman–Crippen LogP) is 3.92. The van der Waals surface area contributed by atoms with Gasteiger partial charge in [-0.25, -0.2) is 9.97 Å². The zero-order valence-corrected chi connectivity index (χ0v) is 16.6. The van der Waals surface area contributed by atoms with Crippen LogP contribution in [0.3, 0.4) is 0 Å². The minimum Gasteiger partial charge on any atom is -0.493 e. The van der Waals surface area contributed by atoms with Crippen LogP contribution in [0.2, 0.25) is 0 Å². The lowest BCUT2D eigenvalue weighted by atomic mass is 10.1. The normalized spacial score (nSPS) is 11.5. The fourth-order valence-electron chi connectivity index (χ4n) is 3.27. The Kier molecular flexibility index (Phi) is 5.09. The summed E-state index contributed by atoms with van der Waals surface area (Å²) in [6, 6.07) is 6.71. The van der Waals surface area contributed by atoms with Crippen LogP contribution in [0.5, 0.6) is 17.2 Å². The van der Waals surface area contributed by atoms with Gasteiger partial charge in [0.05, 0.1) is 32.3 Å². The summed E-state index contributed by atoms with van der Waals surface area (Å²) in [7, 11) is 4.28. The topological polar surface area (TPSA) is 84.2 Å². The first-order valence-corrected chi connectivity index (χ1v) is 8.91. The lowest BCUT2D eigenvalue weighted by Crippen LogP contribution is -2.09. The minimum absolute atomic E-state index is 0.144. The molecule has 8 nitrogen and oxygen atoms in total. The van der Waals surface area contributed by atoms with Crippen molar-refractivity contribution in [2.75, 3.05) is 21.3 Å². The maximum atomic E-state index is 13.6. The first-order valence-electron chi connectivity index (χ1n) is 8.91. The van der Waals surface area contributed by atoms with Crippen LogP contribution in [-0.4, -0.2) is 46.1 Å². The zero-order valence-electron chi connectivity index (χ0n) is 16.6. The van der Waals surface area contributed by atoms with Crippen molar-refractivity contribution in [1.82, 2.24) is 24.7 Å². The molecular weight excluding hydrogens is 415 g/mol. The molecule has 0 N–H and O–H groups in total. The lowest BCUT2D eigenvalue weighted by Gasteiger charge is -2.17. The SMILES string of the molecule is COc1cc2c(-n3cnnc3)nc(-c3ccccc3C(F)(F)F)nc2c(OC)c1OC. The summed E-state index contributed by atoms with van der Waals surface area (Å²) >= 11 is 0. The van der Waals surface area contributed by atoms with E-state index in [2.05, 4.69) is 20.2 Å². The van der Waals surface area contributed by atoms with Crippen molar-refractivity contribution in [3.05, 3.63) is 48.5 Å². The number of hydrogen-bond donors (Lipinski definition) is 0. The van der Waals surface area contributed by atoms with Gasteiger partial charge in [0, 0.05) is 5.56 Å². The molecule has 0 spiro atoms. The highest BCUT2D eigenvalue weighted by Crippen LogP contribution is 2.45. The fourth-order valence-corrected chi connectivity index (χ4v) is 3.27. The van der Waals surface area contributed by atoms with E-state index in [1.807, 2.05) is 0 Å². The van der Waals surface area contributed by atoms with Gasteiger partial charge in [0.2, 0.25) is 5.75 Å². The lowest BCUT2D eigenvalue weighted by molar-refractivity contribution is -0.137. The monoisotopic (exact) mass is 431 g/mol. The van der Waals surface area contributed by atoms with Crippen LogP contribution in [0.25, 0.3) is 28.1 Å². The Balaban J connectivity index is 2.13. The molecule has 0 aliphatic carbocycles. The molecule has 0 radical (unpaired) electrons. The Bertz CT molecular complexity index is 1240. The second-order valence-corrected chi connectivity index (χ2v) is 6.32. The maximum absolute atomic E-state index is 13.6. The van der Waals surface area contributed by atoms with Gasteiger partial charge in [-0.2, -0.15) is 13.2 Å². The number of halogens is 3. The molecule has 31 heavy (non-hydrogen) atoms. The number of methoxy groups -OCH3 is 3. The molecule has 0 unspecified atom stereocenters. The predicted molar refractivity (Wildman–Crippen MR) is 105 cm³/mol. The number of hydrogen-bond acceptors (Lipinski definition) is 7. The van der Waals surface area contributed by atoms with Crippen molar-refractivity contribution in [3.8, 4) is 34.5 Å². The third-order valence-corrected chi connectivity index (χ3v) is 4.61. The Hall–Kier alpha value is -3.89. The highest BCUT2D eigenvalue weighted by Gasteiger charge is 2.34. The van der Waals surface area contributed by atoms with Gasteiger partial charge in [-0.15, -0.1) is 10.2 Å². The van der Waals surface area contributed by atoms with Crippen molar-refractivity contribution in [3.63, 3.8) is 0 Å². The van der Waals surface area contributed by atoms with E-state index in [0.717, 1.165) is 6.07 Å². The summed E-state index contributed by atoms with van der Waals surface area (Å²) < 4.78 is 58.7. The van der Waals surface area contributed by atoms with Gasteiger partial charge >= 0.3 is 6.18 Å². The second-order valence-electron chi connectivity index (χ2n) is 6.32. The van der Waals surface area contributed by atoms with Crippen LogP contribution in [0.1, 0.15) is 5.56 Å². The van der Waals surface area contributed by atoms with E-state index in [0.29, 0.717) is 11.1 Å². The van der Waals surface area contributed by atoms with Gasteiger partial charge in [0.15, 0.2) is 23.1 Å². The molecule has 0 bridgehead atoms. The number of alkyl halides is 3. The van der Waals surface area contributed by atoms with Crippen molar-refractivity contribution < 1.29 is 27.4 Å². The molecule has 2 aromatic carbocycles. The third-order valence-electron chi connectivity index (χ3n) is 4.61. The molecule has 4 rings (SSSR count). The van der Waals surface area contributed by atoms with Crippen molar-refractivity contribution in [2.45, 2.75) is 6.18 Å². The summed E-state index contributed by atoms with van der Waals surface area (Å²) in [4.78, 5) is 8.83. The van der Waals surface area contributed by atoms with Gasteiger partial charge in [0.1, 0.15) is 18.2 Å². The third kappa shape index (κ3) is 3.47. The summed E-state index contributed by atoms with van der Waals surface area (Å²) in [6.07, 6.45) is -1.83. The van der Waals surface area contributed by atoms with Gasteiger partial charge in [-0.1, -0.05) is 18.2 Å². The number of ether oxygens (including phenoxy) is 3. The summed E-state index contributed by atoms with van der Waals surface area (Å²) in [5.74, 6) is 0.893. The molecule has 0 aliphatic heterocycles. The van der Waals surface area contributed by atoms with E-state index < -0.39 is 11.7 Å². The van der Waals surface area contributed by atoms with E-state index >= 15 is 0 Å². The van der Waals surface area contributed by atoms with Gasteiger partial charge < -0.3 is 14.2 Å². The van der Waals surface area contributed by atoms with Crippen molar-refractivity contribution in [1.29, 1.82) is 0 Å². The molecule has 0 atom stereocenters. The molecule has 11 heteroatoms. The Morgan fingerprint density at radius 1 is 0.871 bits per heavy atom. The summed E-state index contributed by atoms with van der Waals surface area (Å²) in [5, 5.41) is 7.98. The average Bonchev–Trinajstić information content (AvgIpc) is 3.31. The summed E-state index contributed by atoms with van der Waals surface area (Å²) in [6.45, 7) is 0. The second kappa shape index (κ2) is 7.74. The molecule has 0 fully saturated rings. The Morgan fingerprint density at radius 3 is 2.16 bits per heavy atom. The number of fused-ring (bicyclic) bond motifs is 1. The molecule has 0 amide bonds. The van der Waals surface area contributed by atoms with Gasteiger partial charge in [0.25, 0.3) is 0 Å². The molecular formula is C20H16F3N5O3. The van der Waals surface area contributed by atoms with Gasteiger partial charge in [-0.05, 0) is 12.1 Å². The van der Waals surface area contributed by atoms with Crippen LogP contribution in [0.15, 0.2) is 43.0 Å². The zero-order chi connectivity index (χ0) is 22.2. The largest absolute Gasteiger partial charge is 0.493 e. The van der Waals surface area contributed by atoms with E-state index in [-0.39, 0.29) is 34.2 Å². The molecule has 2 aromatic heterocycles. The van der Waals surface area contributed by atoms with E-state index in [4.69, 9.17) is 14.2 Å². The van der Waals surface area contributed by atoms with Crippen LogP contribution in [-0.2, 0) is 6.18 Å². The smallest absolute Gasteiger partial charge is 0.417 e. The minimum atomic E-state index is -4.59. The van der Waals surface area contributed by atoms with Crippen molar-refractivity contribution >= 4 is 10.9 Å². The van der Waals surface area contributed by atoms with E-state index in [1.54, 1.807) is 6.07 Å². The molecule has 0 aliphatic rings. The quantitative estimate of drug-likeness (QED) is 0.474.